The Hall–Kier alpha value is -3.16. The quantitative estimate of drug-likeness (QED) is 0.537. The first kappa shape index (κ1) is 23.0. The SMILES string of the molecule is CN(C)CCOc1ccccc1NC(=O)N[C@@H]1CCN(Cc2ccc3cc(F)ccc3c2)C1. The summed E-state index contributed by atoms with van der Waals surface area (Å²) in [7, 11) is 3.99. The van der Waals surface area contributed by atoms with Gasteiger partial charge in [0.05, 0.1) is 5.69 Å². The van der Waals surface area contributed by atoms with Gasteiger partial charge >= 0.3 is 6.03 Å². The van der Waals surface area contributed by atoms with Crippen LogP contribution >= 0.6 is 0 Å². The molecule has 0 aromatic heterocycles. The van der Waals surface area contributed by atoms with Gasteiger partial charge in [0.15, 0.2) is 0 Å². The van der Waals surface area contributed by atoms with Gasteiger partial charge in [-0.1, -0.05) is 30.3 Å². The molecule has 0 saturated carbocycles. The molecule has 174 valence electrons. The molecule has 3 aromatic carbocycles. The zero-order chi connectivity index (χ0) is 23.2. The van der Waals surface area contributed by atoms with E-state index < -0.39 is 0 Å². The number of hydrogen-bond donors (Lipinski definition) is 2. The lowest BCUT2D eigenvalue weighted by Crippen LogP contribution is -2.39. The van der Waals surface area contributed by atoms with Gasteiger partial charge in [-0.2, -0.15) is 0 Å². The summed E-state index contributed by atoms with van der Waals surface area (Å²) in [6.45, 7) is 3.85. The number of fused-ring (bicyclic) bond motifs is 1. The zero-order valence-electron chi connectivity index (χ0n) is 19.2. The lowest BCUT2D eigenvalue weighted by molar-refractivity contribution is 0.246. The van der Waals surface area contributed by atoms with Gasteiger partial charge < -0.3 is 20.3 Å². The van der Waals surface area contributed by atoms with Crippen molar-refractivity contribution in [3.8, 4) is 5.75 Å². The fourth-order valence-electron chi connectivity index (χ4n) is 4.09. The first-order valence-electron chi connectivity index (χ1n) is 11.3. The van der Waals surface area contributed by atoms with Gasteiger partial charge in [-0.05, 0) is 67.2 Å². The van der Waals surface area contributed by atoms with Crippen LogP contribution in [0.4, 0.5) is 14.9 Å². The average molecular weight is 451 g/mol. The van der Waals surface area contributed by atoms with E-state index in [-0.39, 0.29) is 17.9 Å². The maximum absolute atomic E-state index is 13.4. The second-order valence-corrected chi connectivity index (χ2v) is 8.79. The summed E-state index contributed by atoms with van der Waals surface area (Å²) in [6.07, 6.45) is 0.896. The summed E-state index contributed by atoms with van der Waals surface area (Å²) >= 11 is 0. The highest BCUT2D eigenvalue weighted by Crippen LogP contribution is 2.24. The molecule has 3 aromatic rings. The van der Waals surface area contributed by atoms with E-state index in [9.17, 15) is 9.18 Å². The van der Waals surface area contributed by atoms with Gasteiger partial charge in [0, 0.05) is 32.2 Å². The minimum Gasteiger partial charge on any atom is -0.490 e. The van der Waals surface area contributed by atoms with Crippen LogP contribution in [0.3, 0.4) is 0 Å². The first-order valence-corrected chi connectivity index (χ1v) is 11.3. The van der Waals surface area contributed by atoms with Crippen molar-refractivity contribution in [2.24, 2.45) is 0 Å². The summed E-state index contributed by atoms with van der Waals surface area (Å²) in [5, 5.41) is 7.95. The summed E-state index contributed by atoms with van der Waals surface area (Å²) in [6, 6.07) is 18.3. The summed E-state index contributed by atoms with van der Waals surface area (Å²) < 4.78 is 19.2. The zero-order valence-corrected chi connectivity index (χ0v) is 19.2. The summed E-state index contributed by atoms with van der Waals surface area (Å²) in [5.74, 6) is 0.448. The number of nitrogens with one attached hydrogen (secondary N) is 2. The van der Waals surface area contributed by atoms with Crippen molar-refractivity contribution < 1.29 is 13.9 Å². The number of amides is 2. The topological polar surface area (TPSA) is 56.8 Å². The third-order valence-electron chi connectivity index (χ3n) is 5.81. The smallest absolute Gasteiger partial charge is 0.319 e. The predicted molar refractivity (Wildman–Crippen MR) is 130 cm³/mol. The number of hydrogen-bond acceptors (Lipinski definition) is 4. The molecular formula is C26H31FN4O2. The minimum atomic E-state index is -0.224. The van der Waals surface area contributed by atoms with Crippen LogP contribution < -0.4 is 15.4 Å². The normalized spacial score (nSPS) is 16.3. The third kappa shape index (κ3) is 6.43. The predicted octanol–water partition coefficient (Wildman–Crippen LogP) is 4.32. The van der Waals surface area contributed by atoms with Crippen molar-refractivity contribution in [3.05, 3.63) is 72.0 Å². The number of halogens is 1. The average Bonchev–Trinajstić information content (AvgIpc) is 3.21. The highest BCUT2D eigenvalue weighted by atomic mass is 19.1. The second-order valence-electron chi connectivity index (χ2n) is 8.79. The molecule has 2 N–H and O–H groups in total. The fraction of sp³-hybridized carbons (Fsp3) is 0.346. The van der Waals surface area contributed by atoms with Gasteiger partial charge in [0.2, 0.25) is 0 Å². The molecule has 33 heavy (non-hydrogen) atoms. The van der Waals surface area contributed by atoms with Crippen molar-refractivity contribution in [2.45, 2.75) is 19.0 Å². The van der Waals surface area contributed by atoms with Gasteiger partial charge in [-0.25, -0.2) is 9.18 Å². The van der Waals surface area contributed by atoms with Crippen LogP contribution in [0.25, 0.3) is 10.8 Å². The fourth-order valence-corrected chi connectivity index (χ4v) is 4.09. The number of urea groups is 1. The molecule has 1 aliphatic rings. The molecule has 1 atom stereocenters. The Kier molecular flexibility index (Phi) is 7.42. The van der Waals surface area contributed by atoms with Gasteiger partial charge in [0.1, 0.15) is 18.2 Å². The van der Waals surface area contributed by atoms with Gasteiger partial charge in [-0.15, -0.1) is 0 Å². The van der Waals surface area contributed by atoms with E-state index in [1.165, 1.54) is 11.6 Å². The molecule has 0 radical (unpaired) electrons. The molecule has 7 heteroatoms. The van der Waals surface area contributed by atoms with Crippen LogP contribution in [-0.2, 0) is 6.54 Å². The Morgan fingerprint density at radius 1 is 1.12 bits per heavy atom. The Bertz CT molecular complexity index is 1100. The second kappa shape index (κ2) is 10.6. The van der Waals surface area contributed by atoms with Crippen molar-refractivity contribution in [2.75, 3.05) is 45.7 Å². The number of benzene rings is 3. The molecule has 1 saturated heterocycles. The van der Waals surface area contributed by atoms with E-state index in [2.05, 4.69) is 21.6 Å². The number of ether oxygens (including phenoxy) is 1. The standard InChI is InChI=1S/C26H31FN4O2/c1-30(2)13-14-33-25-6-4-3-5-24(25)29-26(32)28-23-11-12-31(18-23)17-19-7-8-21-16-22(27)10-9-20(21)15-19/h3-10,15-16,23H,11-14,17-18H2,1-2H3,(H2,28,29,32)/t23-/m1/s1. The third-order valence-corrected chi connectivity index (χ3v) is 5.81. The number of rotatable bonds is 8. The lowest BCUT2D eigenvalue weighted by Gasteiger charge is -2.18. The van der Waals surface area contributed by atoms with Crippen LogP contribution in [0.1, 0.15) is 12.0 Å². The Morgan fingerprint density at radius 3 is 2.76 bits per heavy atom. The molecule has 4 rings (SSSR count). The highest BCUT2D eigenvalue weighted by Gasteiger charge is 2.24. The summed E-state index contributed by atoms with van der Waals surface area (Å²) in [4.78, 5) is 17.0. The summed E-state index contributed by atoms with van der Waals surface area (Å²) in [5.41, 5.74) is 1.85. The lowest BCUT2D eigenvalue weighted by atomic mass is 10.1. The molecule has 6 nitrogen and oxygen atoms in total. The maximum atomic E-state index is 13.4. The monoisotopic (exact) mass is 450 g/mol. The number of para-hydroxylation sites is 2. The molecule has 1 fully saturated rings. The minimum absolute atomic E-state index is 0.0846. The molecule has 0 unspecified atom stereocenters. The number of anilines is 1. The highest BCUT2D eigenvalue weighted by molar-refractivity contribution is 5.91. The van der Waals surface area contributed by atoms with E-state index >= 15 is 0 Å². The molecule has 1 aliphatic heterocycles. The Labute approximate surface area is 194 Å². The maximum Gasteiger partial charge on any atom is 0.319 e. The van der Waals surface area contributed by atoms with Crippen LogP contribution in [0.2, 0.25) is 0 Å². The molecule has 0 bridgehead atoms. The van der Waals surface area contributed by atoms with E-state index in [0.29, 0.717) is 18.0 Å². The van der Waals surface area contributed by atoms with Crippen LogP contribution in [0, 0.1) is 5.82 Å². The van der Waals surface area contributed by atoms with Crippen molar-refractivity contribution in [3.63, 3.8) is 0 Å². The molecule has 1 heterocycles. The Morgan fingerprint density at radius 2 is 1.91 bits per heavy atom. The molecule has 0 spiro atoms. The number of likely N-dealkylation sites (N-methyl/N-ethyl adjacent to an activating group) is 1. The van der Waals surface area contributed by atoms with Gasteiger partial charge in [0.25, 0.3) is 0 Å². The van der Waals surface area contributed by atoms with E-state index in [0.717, 1.165) is 43.4 Å². The van der Waals surface area contributed by atoms with Gasteiger partial charge in [-0.3, -0.25) is 4.90 Å². The van der Waals surface area contributed by atoms with E-state index in [4.69, 9.17) is 4.74 Å². The van der Waals surface area contributed by atoms with Crippen molar-refractivity contribution >= 4 is 22.5 Å². The Balaban J connectivity index is 1.28. The van der Waals surface area contributed by atoms with Crippen LogP contribution in [0.5, 0.6) is 5.75 Å². The van der Waals surface area contributed by atoms with Crippen LogP contribution in [-0.4, -0.2) is 62.2 Å². The number of likely N-dealkylation sites (tertiary alicyclic amines) is 1. The van der Waals surface area contributed by atoms with Crippen LogP contribution in [0.15, 0.2) is 60.7 Å². The number of carbonyl (C=O) groups is 1. The molecule has 2 amide bonds. The molecular weight excluding hydrogens is 419 g/mol. The van der Waals surface area contributed by atoms with Crippen molar-refractivity contribution in [1.82, 2.24) is 15.1 Å². The number of nitrogens with zero attached hydrogens (tertiary/aromatic N) is 2. The van der Waals surface area contributed by atoms with E-state index in [1.54, 1.807) is 6.07 Å². The van der Waals surface area contributed by atoms with Crippen molar-refractivity contribution in [1.29, 1.82) is 0 Å². The molecule has 0 aliphatic carbocycles. The largest absolute Gasteiger partial charge is 0.490 e. The number of carbonyl (C=O) groups excluding carboxylic acids is 1. The van der Waals surface area contributed by atoms with E-state index in [1.807, 2.05) is 61.5 Å². The first-order chi connectivity index (χ1) is 16.0.